The molecule has 2 aliphatic carbocycles. The van der Waals surface area contributed by atoms with Crippen LogP contribution in [0, 0.1) is 0 Å². The van der Waals surface area contributed by atoms with Gasteiger partial charge in [-0.1, -0.05) is 60.1 Å². The van der Waals surface area contributed by atoms with Crippen molar-refractivity contribution in [3.8, 4) is 28.0 Å². The van der Waals surface area contributed by atoms with Crippen molar-refractivity contribution >= 4 is 47.3 Å². The van der Waals surface area contributed by atoms with E-state index in [0.29, 0.717) is 60.2 Å². The van der Waals surface area contributed by atoms with Crippen molar-refractivity contribution in [3.05, 3.63) is 111 Å². The number of amides is 8. The number of carbonyl (C=O) groups excluding carboxylic acids is 6. The number of rotatable bonds is 9. The third kappa shape index (κ3) is 8.71. The van der Waals surface area contributed by atoms with E-state index in [-0.39, 0.29) is 78.3 Å². The van der Waals surface area contributed by atoms with Crippen LogP contribution >= 0.6 is 11.6 Å². The van der Waals surface area contributed by atoms with Crippen molar-refractivity contribution in [2.45, 2.75) is 63.9 Å². The molecule has 0 aromatic heterocycles. The molecular weight excluding hydrogens is 823 g/mol. The zero-order chi connectivity index (χ0) is 43.3. The Balaban J connectivity index is 0.000000177. The van der Waals surface area contributed by atoms with Crippen molar-refractivity contribution < 1.29 is 68.2 Å². The number of ether oxygens (including phenoxy) is 1. The Morgan fingerprint density at radius 2 is 0.984 bits per heavy atom. The summed E-state index contributed by atoms with van der Waals surface area (Å²) in [5, 5.41) is 8.75. The summed E-state index contributed by atoms with van der Waals surface area (Å²) in [6.45, 7) is 2.29. The van der Waals surface area contributed by atoms with E-state index < -0.39 is 0 Å². The molecule has 2 saturated carbocycles. The Morgan fingerprint density at radius 3 is 1.37 bits per heavy atom. The van der Waals surface area contributed by atoms with Crippen molar-refractivity contribution in [2.75, 3.05) is 41.4 Å². The quantitative estimate of drug-likeness (QED) is 0.184. The van der Waals surface area contributed by atoms with Gasteiger partial charge in [0.1, 0.15) is 18.8 Å². The first-order chi connectivity index (χ1) is 29.4. The second-order valence-corrected chi connectivity index (χ2v) is 16.5. The van der Waals surface area contributed by atoms with Crippen LogP contribution in [0.1, 0.15) is 68.7 Å². The van der Waals surface area contributed by atoms with Crippen LogP contribution < -0.4 is 39.4 Å². The maximum absolute atomic E-state index is 12.8. The monoisotopic (exact) mass is 868 g/mol. The number of nitrogens with zero attached hydrogens (tertiary/aromatic N) is 6. The Morgan fingerprint density at radius 1 is 0.581 bits per heavy atom. The molecule has 8 amide bonds. The predicted octanol–water partition coefficient (Wildman–Crippen LogP) is 2.37. The minimum absolute atomic E-state index is 0. The van der Waals surface area contributed by atoms with E-state index in [1.54, 1.807) is 7.11 Å². The van der Waals surface area contributed by atoms with Gasteiger partial charge in [-0.2, -0.15) is 7.11 Å². The standard InChI is InChI=1S/C23H23N3O4.C22H20ClN3O3.CH3O.Na/c1-24-20(27)13-25(23(24)29)11-14-3-5-15(6-4-14)16-9-17-12-26(18-7-8-18)22(28)21(17)19(10-16)30-2;1-24-19(27)12-25(22(24)29)10-13-2-4-14(5-3-13)15-8-16-11-26(17-6-7-17)21(28)20(16)18(23)9-15;1-2;/h3-6,9-10,18H,7-8,11-13H2,1-2H3;2-5,8-9,17H,6-7,10-12H2,1H3;1H3;/q;;-1;+1. The van der Waals surface area contributed by atoms with Crippen LogP contribution in [0.15, 0.2) is 72.8 Å². The largest absolute Gasteiger partial charge is 1.00 e. The molecule has 62 heavy (non-hydrogen) atoms. The van der Waals surface area contributed by atoms with Crippen LogP contribution in [0.25, 0.3) is 22.3 Å². The van der Waals surface area contributed by atoms with Gasteiger partial charge in [-0.05, 0) is 94.5 Å². The average molecular weight is 869 g/mol. The molecule has 0 spiro atoms. The molecule has 2 saturated heterocycles. The van der Waals surface area contributed by atoms with Crippen LogP contribution in [-0.2, 0) is 35.8 Å². The van der Waals surface area contributed by atoms with Gasteiger partial charge in [0.15, 0.2) is 0 Å². The zero-order valence-corrected chi connectivity index (χ0v) is 38.2. The number of likely N-dealkylation sites (N-methyl/N-ethyl adjacent to an activating group) is 2. The van der Waals surface area contributed by atoms with Gasteiger partial charge in [0.05, 0.1) is 23.3 Å². The molecule has 0 unspecified atom stereocenters. The fourth-order valence-corrected chi connectivity index (χ4v) is 8.65. The topological polar surface area (TPSA) is 154 Å². The summed E-state index contributed by atoms with van der Waals surface area (Å²) in [6, 6.07) is 23.9. The number of urea groups is 2. The normalized spacial score (nSPS) is 17.8. The molecule has 4 aromatic carbocycles. The number of carbonyl (C=O) groups is 6. The Kier molecular flexibility index (Phi) is 13.2. The molecule has 0 N–H and O–H groups in total. The van der Waals surface area contributed by atoms with Crippen molar-refractivity contribution in [2.24, 2.45) is 0 Å². The average Bonchev–Trinajstić information content (AvgIpc) is 4.20. The molecule has 4 fully saturated rings. The molecular formula is C46H46ClN6NaO8. The van der Waals surface area contributed by atoms with E-state index in [2.05, 4.69) is 6.07 Å². The first-order valence-corrected chi connectivity index (χ1v) is 20.6. The molecule has 4 aromatic rings. The molecule has 0 radical (unpaired) electrons. The number of fused-ring (bicyclic) bond motifs is 2. The predicted molar refractivity (Wildman–Crippen MR) is 224 cm³/mol. The van der Waals surface area contributed by atoms with Gasteiger partial charge in [-0.3, -0.25) is 29.0 Å². The number of halogens is 1. The number of imide groups is 2. The third-order valence-electron chi connectivity index (χ3n) is 12.0. The Hall–Kier alpha value is -5.25. The molecule has 316 valence electrons. The number of benzene rings is 4. The molecule has 4 heterocycles. The molecule has 0 bridgehead atoms. The fourth-order valence-electron chi connectivity index (χ4n) is 8.33. The molecule has 10 rings (SSSR count). The van der Waals surface area contributed by atoms with Crippen molar-refractivity contribution in [3.63, 3.8) is 0 Å². The van der Waals surface area contributed by atoms with E-state index in [0.717, 1.165) is 87.1 Å². The first-order valence-electron chi connectivity index (χ1n) is 20.2. The van der Waals surface area contributed by atoms with Crippen LogP contribution in [0.3, 0.4) is 0 Å². The fraction of sp³-hybridized carbons (Fsp3) is 0.348. The molecule has 16 heteroatoms. The van der Waals surface area contributed by atoms with E-state index in [9.17, 15) is 28.8 Å². The Bertz CT molecular complexity index is 2460. The summed E-state index contributed by atoms with van der Waals surface area (Å²) in [6.07, 6.45) is 4.31. The van der Waals surface area contributed by atoms with E-state index in [1.807, 2.05) is 76.5 Å². The van der Waals surface area contributed by atoms with E-state index in [1.165, 1.54) is 23.9 Å². The van der Waals surface area contributed by atoms with Gasteiger partial charge >= 0.3 is 41.6 Å². The zero-order valence-electron chi connectivity index (χ0n) is 35.5. The van der Waals surface area contributed by atoms with Gasteiger partial charge in [0, 0.05) is 52.4 Å². The molecule has 14 nitrogen and oxygen atoms in total. The second-order valence-electron chi connectivity index (χ2n) is 16.1. The minimum Gasteiger partial charge on any atom is -0.857 e. The summed E-state index contributed by atoms with van der Waals surface area (Å²) < 4.78 is 5.55. The van der Waals surface area contributed by atoms with Gasteiger partial charge in [-0.25, -0.2) is 9.59 Å². The molecule has 6 aliphatic rings. The summed E-state index contributed by atoms with van der Waals surface area (Å²) in [7, 11) is 5.35. The summed E-state index contributed by atoms with van der Waals surface area (Å²) in [5.41, 5.74) is 9.20. The van der Waals surface area contributed by atoms with Crippen LogP contribution in [0.5, 0.6) is 5.75 Å². The molecule has 0 atom stereocenters. The van der Waals surface area contributed by atoms with Gasteiger partial charge < -0.3 is 29.4 Å². The number of methoxy groups -OCH3 is 1. The first kappa shape index (κ1) is 44.8. The summed E-state index contributed by atoms with van der Waals surface area (Å²) >= 11 is 6.47. The number of hydrogen-bond acceptors (Lipinski definition) is 8. The van der Waals surface area contributed by atoms with Crippen molar-refractivity contribution in [1.29, 1.82) is 0 Å². The van der Waals surface area contributed by atoms with Gasteiger partial charge in [-0.15, -0.1) is 0 Å². The second kappa shape index (κ2) is 18.2. The Labute approximate surface area is 387 Å². The van der Waals surface area contributed by atoms with Crippen LogP contribution in [-0.4, -0.2) is 119 Å². The van der Waals surface area contributed by atoms with Crippen molar-refractivity contribution in [1.82, 2.24) is 29.4 Å². The maximum atomic E-state index is 12.8. The number of hydrogen-bond donors (Lipinski definition) is 0. The van der Waals surface area contributed by atoms with E-state index >= 15 is 0 Å². The third-order valence-corrected chi connectivity index (χ3v) is 12.3. The SMILES string of the molecule is CN1C(=O)CN(Cc2ccc(-c3cc(Cl)c4c(c3)CN(C3CC3)C4=O)cc2)C1=O.COc1cc(-c2ccc(CN3CC(=O)N(C)C3=O)cc2)cc2c1C(=O)N(C1CC1)C2.C[O-].[Na+]. The van der Waals surface area contributed by atoms with Gasteiger partial charge in [0.25, 0.3) is 11.8 Å². The smallest absolute Gasteiger partial charge is 0.857 e. The van der Waals surface area contributed by atoms with E-state index in [4.69, 9.17) is 21.4 Å². The van der Waals surface area contributed by atoms with Gasteiger partial charge in [0.2, 0.25) is 11.8 Å². The molecule has 4 aliphatic heterocycles. The van der Waals surface area contributed by atoms with Crippen LogP contribution in [0.4, 0.5) is 9.59 Å². The summed E-state index contributed by atoms with van der Waals surface area (Å²) in [4.78, 5) is 82.1. The summed E-state index contributed by atoms with van der Waals surface area (Å²) in [5.74, 6) is 0.361. The maximum Gasteiger partial charge on any atom is 1.00 e. The van der Waals surface area contributed by atoms with Crippen LogP contribution in [0.2, 0.25) is 5.02 Å². The minimum atomic E-state index is -0.269.